The Labute approximate surface area is 160 Å². The van der Waals surface area contributed by atoms with Crippen LogP contribution in [0.4, 0.5) is 5.95 Å². The average Bonchev–Trinajstić information content (AvgIpc) is 3.02. The molecule has 0 spiro atoms. The lowest BCUT2D eigenvalue weighted by Crippen LogP contribution is -2.24. The highest BCUT2D eigenvalue weighted by Gasteiger charge is 2.26. The lowest BCUT2D eigenvalue weighted by Gasteiger charge is -2.21. The maximum Gasteiger partial charge on any atom is 0.237 e. The molecule has 1 aliphatic rings. The number of anilines is 1. The Morgan fingerprint density at radius 1 is 1.26 bits per heavy atom. The van der Waals surface area contributed by atoms with Crippen LogP contribution in [0.1, 0.15) is 35.1 Å². The van der Waals surface area contributed by atoms with Crippen LogP contribution in [0.2, 0.25) is 0 Å². The molecular formula is C19H19N5O2S. The van der Waals surface area contributed by atoms with Crippen LogP contribution in [0.3, 0.4) is 0 Å². The van der Waals surface area contributed by atoms with Gasteiger partial charge in [-0.3, -0.25) is 14.9 Å². The molecule has 1 aliphatic carbocycles. The second kappa shape index (κ2) is 7.11. The standard InChI is InChI=1S/C19H19N5O2S/c1-10-7-14-17(15(25)8-10)11(2)20-18(21-14)24-16(26)9-27-19-22-12-5-3-4-6-13(12)23-19/h3-6,10H,7-9H2,1-2H3,(H,22,23)(H,20,21,24,26)/t10-/m0/s1. The maximum absolute atomic E-state index is 12.3. The van der Waals surface area contributed by atoms with Crippen LogP contribution in [-0.2, 0) is 11.2 Å². The predicted molar refractivity (Wildman–Crippen MR) is 104 cm³/mol. The summed E-state index contributed by atoms with van der Waals surface area (Å²) in [6.07, 6.45) is 1.25. The summed E-state index contributed by atoms with van der Waals surface area (Å²) in [5.74, 6) is 0.568. The molecule has 2 heterocycles. The number of ketones is 1. The molecule has 2 aromatic heterocycles. The van der Waals surface area contributed by atoms with Gasteiger partial charge in [0.1, 0.15) is 0 Å². The molecule has 0 radical (unpaired) electrons. The monoisotopic (exact) mass is 381 g/mol. The van der Waals surface area contributed by atoms with Crippen LogP contribution in [0.25, 0.3) is 11.0 Å². The summed E-state index contributed by atoms with van der Waals surface area (Å²) in [7, 11) is 0. The van der Waals surface area contributed by atoms with Crippen molar-refractivity contribution >= 4 is 40.4 Å². The molecule has 0 fully saturated rings. The minimum Gasteiger partial charge on any atom is -0.333 e. The largest absolute Gasteiger partial charge is 0.333 e. The fourth-order valence-corrected chi connectivity index (χ4v) is 4.00. The van der Waals surface area contributed by atoms with Crippen LogP contribution in [0.5, 0.6) is 0 Å². The number of hydrogen-bond acceptors (Lipinski definition) is 6. The van der Waals surface area contributed by atoms with Gasteiger partial charge in [-0.05, 0) is 31.4 Å². The van der Waals surface area contributed by atoms with E-state index in [1.54, 1.807) is 6.92 Å². The third-order valence-corrected chi connectivity index (χ3v) is 5.35. The van der Waals surface area contributed by atoms with Gasteiger partial charge in [-0.25, -0.2) is 15.0 Å². The number of nitrogens with zero attached hydrogens (tertiary/aromatic N) is 3. The minimum absolute atomic E-state index is 0.0829. The molecule has 2 N–H and O–H groups in total. The molecule has 7 nitrogen and oxygen atoms in total. The Hall–Kier alpha value is -2.74. The number of benzene rings is 1. The predicted octanol–water partition coefficient (Wildman–Crippen LogP) is 3.16. The Morgan fingerprint density at radius 2 is 2.07 bits per heavy atom. The van der Waals surface area contributed by atoms with Gasteiger partial charge in [0.2, 0.25) is 11.9 Å². The lowest BCUT2D eigenvalue weighted by atomic mass is 9.86. The zero-order valence-corrected chi connectivity index (χ0v) is 15.9. The molecular weight excluding hydrogens is 362 g/mol. The van der Waals surface area contributed by atoms with E-state index in [2.05, 4.69) is 25.3 Å². The molecule has 4 rings (SSSR count). The number of rotatable bonds is 4. The second-order valence-corrected chi connectivity index (χ2v) is 7.75. The maximum atomic E-state index is 12.3. The first-order valence-electron chi connectivity index (χ1n) is 8.77. The molecule has 0 bridgehead atoms. The van der Waals surface area contributed by atoms with E-state index < -0.39 is 0 Å². The van der Waals surface area contributed by atoms with Crippen LogP contribution < -0.4 is 5.32 Å². The Morgan fingerprint density at radius 3 is 2.89 bits per heavy atom. The van der Waals surface area contributed by atoms with Crippen molar-refractivity contribution in [1.29, 1.82) is 0 Å². The highest BCUT2D eigenvalue weighted by Crippen LogP contribution is 2.26. The average molecular weight is 381 g/mol. The van der Waals surface area contributed by atoms with E-state index in [4.69, 9.17) is 0 Å². The summed E-state index contributed by atoms with van der Waals surface area (Å²) < 4.78 is 0. The number of thioether (sulfide) groups is 1. The van der Waals surface area contributed by atoms with Crippen molar-refractivity contribution in [2.75, 3.05) is 11.1 Å². The lowest BCUT2D eigenvalue weighted by molar-refractivity contribution is -0.113. The van der Waals surface area contributed by atoms with Crippen LogP contribution in [0.15, 0.2) is 29.4 Å². The number of fused-ring (bicyclic) bond motifs is 2. The number of aromatic nitrogens is 4. The number of amides is 1. The van der Waals surface area contributed by atoms with Gasteiger partial charge in [0.25, 0.3) is 0 Å². The van der Waals surface area contributed by atoms with Gasteiger partial charge in [0, 0.05) is 6.42 Å². The molecule has 8 heteroatoms. The van der Waals surface area contributed by atoms with Crippen LogP contribution in [-0.4, -0.2) is 37.4 Å². The van der Waals surface area contributed by atoms with Crippen molar-refractivity contribution in [1.82, 2.24) is 19.9 Å². The molecule has 3 aromatic rings. The first-order valence-corrected chi connectivity index (χ1v) is 9.76. The molecule has 0 saturated heterocycles. The van der Waals surface area contributed by atoms with Gasteiger partial charge in [-0.1, -0.05) is 30.8 Å². The van der Waals surface area contributed by atoms with Gasteiger partial charge in [0.15, 0.2) is 10.9 Å². The number of imidazole rings is 1. The topological polar surface area (TPSA) is 101 Å². The summed E-state index contributed by atoms with van der Waals surface area (Å²) in [5.41, 5.74) is 3.77. The van der Waals surface area contributed by atoms with Crippen molar-refractivity contribution in [2.24, 2.45) is 5.92 Å². The highest BCUT2D eigenvalue weighted by atomic mass is 32.2. The number of carbonyl (C=O) groups is 2. The van der Waals surface area contributed by atoms with E-state index in [1.165, 1.54) is 11.8 Å². The molecule has 0 unspecified atom stereocenters. The SMILES string of the molecule is Cc1nc(NC(=O)CSc2nc3ccccc3[nH]2)nc2c1C(=O)C[C@@H](C)C2. The van der Waals surface area contributed by atoms with Crippen molar-refractivity contribution in [2.45, 2.75) is 31.8 Å². The molecule has 1 aromatic carbocycles. The molecule has 1 amide bonds. The van der Waals surface area contributed by atoms with E-state index in [1.807, 2.05) is 31.2 Å². The Balaban J connectivity index is 1.44. The third-order valence-electron chi connectivity index (χ3n) is 4.48. The van der Waals surface area contributed by atoms with Crippen molar-refractivity contribution < 1.29 is 9.59 Å². The van der Waals surface area contributed by atoms with Gasteiger partial charge >= 0.3 is 0 Å². The Bertz CT molecular complexity index is 1010. The fraction of sp³-hybridized carbons (Fsp3) is 0.316. The van der Waals surface area contributed by atoms with E-state index in [-0.39, 0.29) is 29.3 Å². The van der Waals surface area contributed by atoms with Crippen molar-refractivity contribution in [3.05, 3.63) is 41.2 Å². The van der Waals surface area contributed by atoms with Gasteiger partial charge in [-0.2, -0.15) is 0 Å². The molecule has 138 valence electrons. The number of hydrogen-bond donors (Lipinski definition) is 2. The molecule has 0 saturated carbocycles. The van der Waals surface area contributed by atoms with E-state index in [0.717, 1.165) is 23.1 Å². The minimum atomic E-state index is -0.213. The second-order valence-electron chi connectivity index (χ2n) is 6.79. The van der Waals surface area contributed by atoms with Gasteiger partial charge in [0.05, 0.1) is 33.7 Å². The number of aromatic amines is 1. The van der Waals surface area contributed by atoms with E-state index in [0.29, 0.717) is 22.8 Å². The zero-order valence-electron chi connectivity index (χ0n) is 15.1. The first kappa shape index (κ1) is 17.7. The molecule has 0 aliphatic heterocycles. The number of carbonyl (C=O) groups excluding carboxylic acids is 2. The normalized spacial score (nSPS) is 16.4. The summed E-state index contributed by atoms with van der Waals surface area (Å²) in [6.45, 7) is 3.81. The number of nitrogens with one attached hydrogen (secondary N) is 2. The number of para-hydroxylation sites is 2. The van der Waals surface area contributed by atoms with Crippen molar-refractivity contribution in [3.8, 4) is 0 Å². The summed E-state index contributed by atoms with van der Waals surface area (Å²) in [6, 6.07) is 7.72. The summed E-state index contributed by atoms with van der Waals surface area (Å²) in [5, 5.41) is 3.42. The number of H-pyrrole nitrogens is 1. The summed E-state index contributed by atoms with van der Waals surface area (Å²) >= 11 is 1.32. The van der Waals surface area contributed by atoms with Crippen molar-refractivity contribution in [3.63, 3.8) is 0 Å². The number of Topliss-reactive ketones (excluding diaryl/α,β-unsaturated/α-hetero) is 1. The van der Waals surface area contributed by atoms with Crippen LogP contribution >= 0.6 is 11.8 Å². The quantitative estimate of drug-likeness (QED) is 0.673. The zero-order chi connectivity index (χ0) is 19.0. The molecule has 1 atom stereocenters. The molecule has 27 heavy (non-hydrogen) atoms. The van der Waals surface area contributed by atoms with Gasteiger partial charge in [-0.15, -0.1) is 0 Å². The van der Waals surface area contributed by atoms with E-state index >= 15 is 0 Å². The van der Waals surface area contributed by atoms with Gasteiger partial charge < -0.3 is 4.98 Å². The smallest absolute Gasteiger partial charge is 0.237 e. The third kappa shape index (κ3) is 3.71. The van der Waals surface area contributed by atoms with E-state index in [9.17, 15) is 9.59 Å². The highest BCUT2D eigenvalue weighted by molar-refractivity contribution is 7.99. The first-order chi connectivity index (χ1) is 13.0. The Kier molecular flexibility index (Phi) is 4.65. The fourth-order valence-electron chi connectivity index (χ4n) is 3.31. The number of aryl methyl sites for hydroxylation is 1. The summed E-state index contributed by atoms with van der Waals surface area (Å²) in [4.78, 5) is 40.8. The van der Waals surface area contributed by atoms with Crippen LogP contribution in [0, 0.1) is 12.8 Å².